The van der Waals surface area contributed by atoms with Crippen LogP contribution in [0.25, 0.3) is 22.2 Å². The van der Waals surface area contributed by atoms with E-state index >= 15 is 0 Å². The van der Waals surface area contributed by atoms with E-state index in [-0.39, 0.29) is 0 Å². The predicted molar refractivity (Wildman–Crippen MR) is 98.9 cm³/mol. The summed E-state index contributed by atoms with van der Waals surface area (Å²) in [5.41, 5.74) is 8.33. The standard InChI is InChI=1S/C19H20ClNSi/c1-12-9-10-16-17(19(12)22(3,4)20)15-11-13-7-5-6-8-14(13)18(15)21(16)2/h5-10H,11H2,1-4H3. The summed E-state index contributed by atoms with van der Waals surface area (Å²) in [6.07, 6.45) is 1.03. The summed E-state index contributed by atoms with van der Waals surface area (Å²) in [6, 6.07) is 13.3. The van der Waals surface area contributed by atoms with E-state index in [1.165, 1.54) is 44.0 Å². The lowest BCUT2D eigenvalue weighted by atomic mass is 10.1. The second-order valence-corrected chi connectivity index (χ2v) is 13.1. The van der Waals surface area contributed by atoms with Crippen LogP contribution in [0.5, 0.6) is 0 Å². The summed E-state index contributed by atoms with van der Waals surface area (Å²) in [4.78, 5) is 0. The highest BCUT2D eigenvalue weighted by Crippen LogP contribution is 2.42. The van der Waals surface area contributed by atoms with Crippen LogP contribution in [-0.4, -0.2) is 12.0 Å². The molecular formula is C19H20ClNSi. The molecule has 0 atom stereocenters. The molecule has 1 aliphatic carbocycles. The minimum absolute atomic E-state index is 1.03. The number of hydrogen-bond acceptors (Lipinski definition) is 0. The molecule has 0 amide bonds. The number of aromatic nitrogens is 1. The first-order chi connectivity index (χ1) is 10.4. The van der Waals surface area contributed by atoms with Crippen molar-refractivity contribution in [1.82, 2.24) is 4.57 Å². The van der Waals surface area contributed by atoms with Gasteiger partial charge in [-0.25, -0.2) is 0 Å². The van der Waals surface area contributed by atoms with E-state index in [0.717, 1.165) is 6.42 Å². The van der Waals surface area contributed by atoms with Crippen LogP contribution in [0.1, 0.15) is 16.7 Å². The highest BCUT2D eigenvalue weighted by Gasteiger charge is 2.32. The van der Waals surface area contributed by atoms with E-state index in [1.807, 2.05) is 0 Å². The van der Waals surface area contributed by atoms with Gasteiger partial charge in [0.2, 0.25) is 0 Å². The van der Waals surface area contributed by atoms with Crippen molar-refractivity contribution >= 4 is 34.6 Å². The normalized spacial score (nSPS) is 13.5. The first kappa shape index (κ1) is 14.1. The SMILES string of the molecule is Cc1ccc2c(c3c(n2C)-c2ccccc2C3)c1[Si](C)(C)Cl. The molecule has 1 heterocycles. The van der Waals surface area contributed by atoms with Crippen molar-refractivity contribution in [2.45, 2.75) is 26.4 Å². The van der Waals surface area contributed by atoms with E-state index in [1.54, 1.807) is 0 Å². The summed E-state index contributed by atoms with van der Waals surface area (Å²) in [6.45, 7) is 6.67. The van der Waals surface area contributed by atoms with Gasteiger partial charge in [-0.1, -0.05) is 43.4 Å². The monoisotopic (exact) mass is 325 g/mol. The minimum atomic E-state index is -1.92. The second-order valence-electron chi connectivity index (χ2n) is 6.84. The fourth-order valence-corrected chi connectivity index (χ4v) is 6.72. The summed E-state index contributed by atoms with van der Waals surface area (Å²) >= 11 is 6.89. The molecule has 22 heavy (non-hydrogen) atoms. The Kier molecular flexibility index (Phi) is 2.88. The minimum Gasteiger partial charge on any atom is -0.343 e. The summed E-state index contributed by atoms with van der Waals surface area (Å²) in [5, 5.41) is 2.83. The van der Waals surface area contributed by atoms with Gasteiger partial charge in [-0.2, -0.15) is 11.1 Å². The number of fused-ring (bicyclic) bond motifs is 5. The lowest BCUT2D eigenvalue weighted by Crippen LogP contribution is -2.38. The van der Waals surface area contributed by atoms with E-state index < -0.39 is 7.38 Å². The van der Waals surface area contributed by atoms with Gasteiger partial charge >= 0.3 is 0 Å². The molecule has 4 rings (SSSR count). The van der Waals surface area contributed by atoms with Gasteiger partial charge in [0.15, 0.2) is 7.38 Å². The molecule has 0 aliphatic heterocycles. The van der Waals surface area contributed by atoms with Gasteiger partial charge < -0.3 is 4.57 Å². The van der Waals surface area contributed by atoms with Crippen LogP contribution in [-0.2, 0) is 13.5 Å². The third kappa shape index (κ3) is 1.77. The number of benzene rings is 2. The van der Waals surface area contributed by atoms with Crippen molar-refractivity contribution in [3.05, 3.63) is 53.1 Å². The van der Waals surface area contributed by atoms with Crippen molar-refractivity contribution < 1.29 is 0 Å². The number of hydrogen-bond donors (Lipinski definition) is 0. The Morgan fingerprint density at radius 3 is 2.55 bits per heavy atom. The molecular weight excluding hydrogens is 306 g/mol. The lowest BCUT2D eigenvalue weighted by Gasteiger charge is -2.19. The van der Waals surface area contributed by atoms with Gasteiger partial charge in [0.1, 0.15) is 0 Å². The smallest absolute Gasteiger partial charge is 0.181 e. The molecule has 1 nitrogen and oxygen atoms in total. The molecule has 0 saturated carbocycles. The van der Waals surface area contributed by atoms with Crippen LogP contribution < -0.4 is 5.19 Å². The van der Waals surface area contributed by atoms with Crippen molar-refractivity contribution in [1.29, 1.82) is 0 Å². The van der Waals surface area contributed by atoms with Crippen LogP contribution in [0, 0.1) is 6.92 Å². The largest absolute Gasteiger partial charge is 0.343 e. The molecule has 0 bridgehead atoms. The molecule has 2 aromatic carbocycles. The Hall–Kier alpha value is -1.51. The molecule has 0 fully saturated rings. The Morgan fingerprint density at radius 1 is 1.09 bits per heavy atom. The van der Waals surface area contributed by atoms with Gasteiger partial charge in [-0.3, -0.25) is 0 Å². The fraction of sp³-hybridized carbons (Fsp3) is 0.263. The first-order valence-electron chi connectivity index (χ1n) is 7.78. The molecule has 0 unspecified atom stereocenters. The molecule has 0 saturated heterocycles. The molecule has 0 N–H and O–H groups in total. The van der Waals surface area contributed by atoms with Gasteiger partial charge in [-0.15, -0.1) is 0 Å². The lowest BCUT2D eigenvalue weighted by molar-refractivity contribution is 0.978. The molecule has 1 aromatic heterocycles. The predicted octanol–water partition coefficient (Wildman–Crippen LogP) is 4.71. The summed E-state index contributed by atoms with van der Waals surface area (Å²) < 4.78 is 2.36. The third-order valence-corrected chi connectivity index (χ3v) is 7.31. The van der Waals surface area contributed by atoms with Crippen molar-refractivity contribution in [3.8, 4) is 11.3 Å². The van der Waals surface area contributed by atoms with Crippen LogP contribution in [0.3, 0.4) is 0 Å². The summed E-state index contributed by atoms with van der Waals surface area (Å²) in [7, 11) is 0.269. The van der Waals surface area contributed by atoms with Crippen molar-refractivity contribution in [2.24, 2.45) is 7.05 Å². The van der Waals surface area contributed by atoms with Crippen LogP contribution in [0.4, 0.5) is 0 Å². The second kappa shape index (κ2) is 4.50. The van der Waals surface area contributed by atoms with Gasteiger partial charge in [0.05, 0.1) is 5.69 Å². The van der Waals surface area contributed by atoms with Gasteiger partial charge in [0, 0.05) is 29.9 Å². The number of aryl methyl sites for hydroxylation is 2. The highest BCUT2D eigenvalue weighted by atomic mass is 35.6. The van der Waals surface area contributed by atoms with Crippen molar-refractivity contribution in [2.75, 3.05) is 0 Å². The quantitative estimate of drug-likeness (QED) is 0.353. The van der Waals surface area contributed by atoms with Crippen LogP contribution in [0.2, 0.25) is 13.1 Å². The third-order valence-electron chi connectivity index (χ3n) is 4.91. The molecule has 3 heteroatoms. The van der Waals surface area contributed by atoms with Crippen LogP contribution in [0.15, 0.2) is 36.4 Å². The van der Waals surface area contributed by atoms with Crippen molar-refractivity contribution in [3.63, 3.8) is 0 Å². The number of rotatable bonds is 1. The Labute approximate surface area is 137 Å². The molecule has 0 radical (unpaired) electrons. The maximum Gasteiger partial charge on any atom is 0.181 e. The Balaban J connectivity index is 2.17. The van der Waals surface area contributed by atoms with Gasteiger partial charge in [0.25, 0.3) is 0 Å². The van der Waals surface area contributed by atoms with E-state index in [4.69, 9.17) is 11.1 Å². The zero-order valence-electron chi connectivity index (χ0n) is 13.5. The molecule has 0 spiro atoms. The topological polar surface area (TPSA) is 4.93 Å². The Bertz CT molecular complexity index is 915. The van der Waals surface area contributed by atoms with E-state index in [0.29, 0.717) is 0 Å². The fourth-order valence-electron chi connectivity index (χ4n) is 4.10. The molecule has 112 valence electrons. The Morgan fingerprint density at radius 2 is 1.82 bits per heavy atom. The molecule has 3 aromatic rings. The zero-order chi connectivity index (χ0) is 15.6. The highest BCUT2D eigenvalue weighted by molar-refractivity contribution is 7.27. The van der Waals surface area contributed by atoms with Gasteiger partial charge in [-0.05, 0) is 34.9 Å². The average molecular weight is 326 g/mol. The maximum atomic E-state index is 6.89. The summed E-state index contributed by atoms with van der Waals surface area (Å²) in [5.74, 6) is 0. The maximum absolute atomic E-state index is 6.89. The molecule has 1 aliphatic rings. The van der Waals surface area contributed by atoms with E-state index in [9.17, 15) is 0 Å². The number of nitrogens with zero attached hydrogens (tertiary/aromatic N) is 1. The van der Waals surface area contributed by atoms with E-state index in [2.05, 4.69) is 68.0 Å². The van der Waals surface area contributed by atoms with Crippen LogP contribution >= 0.6 is 11.1 Å². The zero-order valence-corrected chi connectivity index (χ0v) is 15.3. The average Bonchev–Trinajstić information content (AvgIpc) is 2.94. The number of halogens is 1. The first-order valence-corrected chi connectivity index (χ1v) is 11.8.